The van der Waals surface area contributed by atoms with Gasteiger partial charge >= 0.3 is 0 Å². The van der Waals surface area contributed by atoms with Crippen molar-refractivity contribution in [2.24, 2.45) is 0 Å². The van der Waals surface area contributed by atoms with E-state index in [0.717, 1.165) is 36.0 Å². The van der Waals surface area contributed by atoms with E-state index in [-0.39, 0.29) is 5.91 Å². The zero-order valence-corrected chi connectivity index (χ0v) is 15.6. The van der Waals surface area contributed by atoms with Crippen LogP contribution in [0.4, 0.5) is 5.69 Å². The predicted molar refractivity (Wildman–Crippen MR) is 102 cm³/mol. The van der Waals surface area contributed by atoms with Crippen LogP contribution in [-0.4, -0.2) is 25.0 Å². The molecule has 0 unspecified atom stereocenters. The largest absolute Gasteiger partial charge is 0.368 e. The van der Waals surface area contributed by atoms with Crippen molar-refractivity contribution in [3.05, 3.63) is 64.1 Å². The lowest BCUT2D eigenvalue weighted by molar-refractivity contribution is -0.120. The van der Waals surface area contributed by atoms with Gasteiger partial charge < -0.3 is 10.2 Å². The lowest BCUT2D eigenvalue weighted by atomic mass is 10.1. The van der Waals surface area contributed by atoms with E-state index >= 15 is 0 Å². The average molecular weight is 387 g/mol. The second kappa shape index (κ2) is 7.84. The average Bonchev–Trinajstić information content (AvgIpc) is 2.87. The molecule has 0 bridgehead atoms. The van der Waals surface area contributed by atoms with E-state index in [1.807, 2.05) is 24.3 Å². The third kappa shape index (κ3) is 4.18. The number of carbonyl (C=O) groups is 1. The smallest absolute Gasteiger partial charge is 0.224 e. The highest BCUT2D eigenvalue weighted by atomic mass is 79.9. The van der Waals surface area contributed by atoms with Crippen LogP contribution >= 0.6 is 15.9 Å². The van der Waals surface area contributed by atoms with Crippen LogP contribution < -0.4 is 10.2 Å². The number of halogens is 1. The first kappa shape index (κ1) is 17.0. The van der Waals surface area contributed by atoms with Crippen LogP contribution in [0.25, 0.3) is 0 Å². The third-order valence-corrected chi connectivity index (χ3v) is 4.99. The summed E-state index contributed by atoms with van der Waals surface area (Å²) in [6.45, 7) is 3.97. The summed E-state index contributed by atoms with van der Waals surface area (Å²) in [4.78, 5) is 14.5. The molecular formula is C20H23BrN2O. The number of para-hydroxylation sites is 1. The highest BCUT2D eigenvalue weighted by molar-refractivity contribution is 9.10. The van der Waals surface area contributed by atoms with Crippen molar-refractivity contribution in [1.82, 2.24) is 5.32 Å². The van der Waals surface area contributed by atoms with Crippen molar-refractivity contribution in [1.29, 1.82) is 0 Å². The van der Waals surface area contributed by atoms with Crippen LogP contribution in [-0.2, 0) is 17.6 Å². The van der Waals surface area contributed by atoms with Crippen molar-refractivity contribution >= 4 is 27.5 Å². The summed E-state index contributed by atoms with van der Waals surface area (Å²) >= 11 is 3.44. The lowest BCUT2D eigenvalue weighted by Crippen LogP contribution is -2.33. The molecule has 0 saturated carbocycles. The second-order valence-electron chi connectivity index (χ2n) is 6.39. The van der Waals surface area contributed by atoms with Crippen molar-refractivity contribution in [2.45, 2.75) is 32.2 Å². The molecule has 2 aromatic carbocycles. The Morgan fingerprint density at radius 3 is 2.92 bits per heavy atom. The van der Waals surface area contributed by atoms with Gasteiger partial charge in [0.15, 0.2) is 0 Å². The molecule has 1 amide bonds. The normalized spacial score (nSPS) is 16.1. The van der Waals surface area contributed by atoms with Crippen LogP contribution in [0.1, 0.15) is 24.5 Å². The molecule has 1 N–H and O–H groups in total. The molecule has 24 heavy (non-hydrogen) atoms. The zero-order chi connectivity index (χ0) is 16.9. The molecule has 0 spiro atoms. The van der Waals surface area contributed by atoms with E-state index in [2.05, 4.69) is 57.3 Å². The molecule has 0 saturated heterocycles. The van der Waals surface area contributed by atoms with Crippen LogP contribution in [0.5, 0.6) is 0 Å². The number of hydrogen-bond donors (Lipinski definition) is 1. The highest BCUT2D eigenvalue weighted by Gasteiger charge is 2.24. The van der Waals surface area contributed by atoms with Gasteiger partial charge in [-0.2, -0.15) is 0 Å². The molecule has 2 aromatic rings. The molecule has 1 aliphatic rings. The fourth-order valence-corrected chi connectivity index (χ4v) is 3.79. The zero-order valence-electron chi connectivity index (χ0n) is 14.0. The number of hydrogen-bond acceptors (Lipinski definition) is 2. The molecule has 3 rings (SSSR count). The van der Waals surface area contributed by atoms with E-state index < -0.39 is 0 Å². The minimum absolute atomic E-state index is 0.0861. The summed E-state index contributed by atoms with van der Waals surface area (Å²) in [6.07, 6.45) is 2.51. The Labute approximate surface area is 152 Å². The summed E-state index contributed by atoms with van der Waals surface area (Å²) in [5.41, 5.74) is 3.82. The molecule has 3 nitrogen and oxygen atoms in total. The van der Waals surface area contributed by atoms with Gasteiger partial charge in [0.05, 0.1) is 6.42 Å². The van der Waals surface area contributed by atoms with E-state index in [0.29, 0.717) is 12.5 Å². The Morgan fingerprint density at radius 2 is 2.08 bits per heavy atom. The molecule has 0 radical (unpaired) electrons. The Balaban J connectivity index is 1.43. The summed E-state index contributed by atoms with van der Waals surface area (Å²) in [7, 11) is 0. The van der Waals surface area contributed by atoms with E-state index in [1.165, 1.54) is 11.3 Å². The van der Waals surface area contributed by atoms with Gasteiger partial charge in [0.1, 0.15) is 0 Å². The number of anilines is 1. The monoisotopic (exact) mass is 386 g/mol. The van der Waals surface area contributed by atoms with Crippen LogP contribution in [0, 0.1) is 0 Å². The number of rotatable bonds is 6. The van der Waals surface area contributed by atoms with E-state index in [9.17, 15) is 4.79 Å². The summed E-state index contributed by atoms with van der Waals surface area (Å²) < 4.78 is 1.01. The van der Waals surface area contributed by atoms with Gasteiger partial charge in [-0.25, -0.2) is 0 Å². The minimum atomic E-state index is 0.0861. The topological polar surface area (TPSA) is 32.3 Å². The quantitative estimate of drug-likeness (QED) is 0.762. The third-order valence-electron chi connectivity index (χ3n) is 4.50. The van der Waals surface area contributed by atoms with E-state index in [4.69, 9.17) is 0 Å². The molecule has 0 fully saturated rings. The number of benzene rings is 2. The maximum absolute atomic E-state index is 12.0. The minimum Gasteiger partial charge on any atom is -0.368 e. The van der Waals surface area contributed by atoms with Crippen molar-refractivity contribution in [2.75, 3.05) is 18.0 Å². The maximum Gasteiger partial charge on any atom is 0.224 e. The molecular weight excluding hydrogens is 364 g/mol. The van der Waals surface area contributed by atoms with Gasteiger partial charge in [0.25, 0.3) is 0 Å². The number of nitrogens with zero attached hydrogens (tertiary/aromatic N) is 1. The molecule has 1 heterocycles. The molecule has 0 aromatic heterocycles. The molecule has 0 aliphatic carbocycles. The van der Waals surface area contributed by atoms with Crippen LogP contribution in [0.3, 0.4) is 0 Å². The van der Waals surface area contributed by atoms with Gasteiger partial charge in [-0.05, 0) is 49.1 Å². The summed E-state index contributed by atoms with van der Waals surface area (Å²) in [6, 6.07) is 17.1. The van der Waals surface area contributed by atoms with Crippen molar-refractivity contribution in [3.63, 3.8) is 0 Å². The fraction of sp³-hybridized carbons (Fsp3) is 0.350. The Kier molecular flexibility index (Phi) is 5.56. The van der Waals surface area contributed by atoms with Gasteiger partial charge in [-0.3, -0.25) is 4.79 Å². The lowest BCUT2D eigenvalue weighted by Gasteiger charge is -2.24. The van der Waals surface area contributed by atoms with Gasteiger partial charge in [0.2, 0.25) is 5.91 Å². The Hall–Kier alpha value is -1.81. The van der Waals surface area contributed by atoms with Crippen molar-refractivity contribution in [3.8, 4) is 0 Å². The van der Waals surface area contributed by atoms with Gasteiger partial charge in [0, 0.05) is 29.3 Å². The molecule has 1 aliphatic heterocycles. The predicted octanol–water partition coefficient (Wildman–Crippen LogP) is 3.95. The number of nitrogens with one attached hydrogen (secondary N) is 1. The fourth-order valence-electron chi connectivity index (χ4n) is 3.34. The number of carbonyl (C=O) groups excluding carboxylic acids is 1. The Bertz CT molecular complexity index is 716. The Morgan fingerprint density at radius 1 is 1.25 bits per heavy atom. The first-order chi connectivity index (χ1) is 11.6. The van der Waals surface area contributed by atoms with Gasteiger partial charge in [-0.1, -0.05) is 46.3 Å². The number of fused-ring (bicyclic) bond motifs is 1. The van der Waals surface area contributed by atoms with Gasteiger partial charge in [-0.15, -0.1) is 0 Å². The van der Waals surface area contributed by atoms with Crippen LogP contribution in [0.2, 0.25) is 0 Å². The molecule has 1 atom stereocenters. The van der Waals surface area contributed by atoms with E-state index in [1.54, 1.807) is 0 Å². The maximum atomic E-state index is 12.0. The highest BCUT2D eigenvalue weighted by Crippen LogP contribution is 2.31. The first-order valence-corrected chi connectivity index (χ1v) is 9.28. The molecule has 4 heteroatoms. The standard InChI is InChI=1S/C20H23BrN2O/c1-15-12-17-7-2-3-9-19(17)23(15)11-5-10-22-20(24)14-16-6-4-8-18(21)13-16/h2-4,6-9,13,15H,5,10-12,14H2,1H3,(H,22,24)/t15-/m1/s1. The van der Waals surface area contributed by atoms with Crippen LogP contribution in [0.15, 0.2) is 53.0 Å². The first-order valence-electron chi connectivity index (χ1n) is 8.49. The summed E-state index contributed by atoms with van der Waals surface area (Å²) in [5, 5.41) is 3.03. The second-order valence-corrected chi connectivity index (χ2v) is 7.30. The summed E-state index contributed by atoms with van der Waals surface area (Å²) in [5.74, 6) is 0.0861. The van der Waals surface area contributed by atoms with Crippen molar-refractivity contribution < 1.29 is 4.79 Å². The molecule has 126 valence electrons. The SMILES string of the molecule is C[C@@H]1Cc2ccccc2N1CCCNC(=O)Cc1cccc(Br)c1. The number of amides is 1.